The van der Waals surface area contributed by atoms with Crippen LogP contribution in [0.2, 0.25) is 10.0 Å². The zero-order chi connectivity index (χ0) is 24.1. The monoisotopic (exact) mass is 491 g/mol. The van der Waals surface area contributed by atoms with Crippen LogP contribution in [0, 0.1) is 17.1 Å². The molecule has 1 amide bonds. The van der Waals surface area contributed by atoms with E-state index in [-0.39, 0.29) is 17.7 Å². The van der Waals surface area contributed by atoms with Gasteiger partial charge in [0.05, 0.1) is 23.4 Å². The molecule has 0 aliphatic heterocycles. The lowest BCUT2D eigenvalue weighted by atomic mass is 10.0. The number of carbonyl (C=O) groups is 1. The van der Waals surface area contributed by atoms with Crippen molar-refractivity contribution in [2.75, 3.05) is 0 Å². The predicted octanol–water partition coefficient (Wildman–Crippen LogP) is 6.50. The minimum atomic E-state index is -0.805. The van der Waals surface area contributed by atoms with E-state index in [1.807, 2.05) is 36.4 Å². The van der Waals surface area contributed by atoms with Crippen molar-refractivity contribution in [3.05, 3.63) is 111 Å². The molecule has 4 aromatic carbocycles. The highest BCUT2D eigenvalue weighted by Gasteiger charge is 2.13. The van der Waals surface area contributed by atoms with Gasteiger partial charge >= 0.3 is 0 Å². The molecular formula is C26H16Cl2FN3O2. The van der Waals surface area contributed by atoms with Crippen LogP contribution in [-0.2, 0) is 6.61 Å². The third kappa shape index (κ3) is 5.18. The molecule has 4 rings (SSSR count). The highest BCUT2D eigenvalue weighted by Crippen LogP contribution is 2.29. The molecule has 34 heavy (non-hydrogen) atoms. The van der Waals surface area contributed by atoms with E-state index in [4.69, 9.17) is 33.2 Å². The maximum Gasteiger partial charge on any atom is 0.274 e. The molecule has 0 atom stereocenters. The Hall–Kier alpha value is -3.92. The van der Waals surface area contributed by atoms with Gasteiger partial charge in [0.15, 0.2) is 0 Å². The van der Waals surface area contributed by atoms with E-state index in [2.05, 4.69) is 10.5 Å². The minimum absolute atomic E-state index is 0.121. The standard InChI is InChI=1S/C26H16Cl2FN3O2/c27-19-8-6-18(23(28)12-19)15-34-25-10-7-17-3-1-2-4-20(17)22(25)14-31-32-26(33)21-9-5-16(13-30)11-24(21)29/h1-12,14H,15H2,(H,32,33). The minimum Gasteiger partial charge on any atom is -0.488 e. The van der Waals surface area contributed by atoms with E-state index in [0.717, 1.165) is 22.4 Å². The van der Waals surface area contributed by atoms with Crippen molar-refractivity contribution in [1.82, 2.24) is 5.43 Å². The van der Waals surface area contributed by atoms with Crippen molar-refractivity contribution in [3.63, 3.8) is 0 Å². The average molecular weight is 492 g/mol. The topological polar surface area (TPSA) is 74.5 Å². The van der Waals surface area contributed by atoms with Gasteiger partial charge in [-0.05, 0) is 47.2 Å². The molecule has 5 nitrogen and oxygen atoms in total. The van der Waals surface area contributed by atoms with Crippen molar-refractivity contribution in [2.24, 2.45) is 5.10 Å². The number of nitriles is 1. The van der Waals surface area contributed by atoms with Crippen molar-refractivity contribution in [1.29, 1.82) is 5.26 Å². The highest BCUT2D eigenvalue weighted by atomic mass is 35.5. The summed E-state index contributed by atoms with van der Waals surface area (Å²) in [5.74, 6) is -1.03. The molecular weight excluding hydrogens is 476 g/mol. The van der Waals surface area contributed by atoms with Gasteiger partial charge in [0.2, 0.25) is 0 Å². The van der Waals surface area contributed by atoms with Crippen molar-refractivity contribution in [3.8, 4) is 11.8 Å². The molecule has 0 radical (unpaired) electrons. The first-order valence-electron chi connectivity index (χ1n) is 10.1. The number of halogens is 3. The largest absolute Gasteiger partial charge is 0.488 e. The third-order valence-electron chi connectivity index (χ3n) is 5.03. The number of hydrogen-bond acceptors (Lipinski definition) is 4. The lowest BCUT2D eigenvalue weighted by Crippen LogP contribution is -2.19. The predicted molar refractivity (Wildman–Crippen MR) is 131 cm³/mol. The highest BCUT2D eigenvalue weighted by molar-refractivity contribution is 6.35. The smallest absolute Gasteiger partial charge is 0.274 e. The average Bonchev–Trinajstić information content (AvgIpc) is 2.84. The van der Waals surface area contributed by atoms with Crippen LogP contribution in [0.4, 0.5) is 4.39 Å². The SMILES string of the molecule is N#Cc1ccc(C(=O)NN=Cc2c(OCc3ccc(Cl)cc3Cl)ccc3ccccc23)c(F)c1. The molecule has 168 valence electrons. The molecule has 8 heteroatoms. The van der Waals surface area contributed by atoms with Crippen LogP contribution in [0.3, 0.4) is 0 Å². The fraction of sp³-hybridized carbons (Fsp3) is 0.0385. The van der Waals surface area contributed by atoms with Crippen LogP contribution < -0.4 is 10.2 Å². The molecule has 0 aliphatic rings. The molecule has 0 saturated heterocycles. The maximum atomic E-state index is 14.1. The molecule has 0 unspecified atom stereocenters. The number of ether oxygens (including phenoxy) is 1. The molecule has 0 heterocycles. The molecule has 0 saturated carbocycles. The second-order valence-electron chi connectivity index (χ2n) is 7.23. The summed E-state index contributed by atoms with van der Waals surface area (Å²) in [7, 11) is 0. The van der Waals surface area contributed by atoms with Crippen LogP contribution in [0.25, 0.3) is 10.8 Å². The van der Waals surface area contributed by atoms with Gasteiger partial charge in [0.25, 0.3) is 5.91 Å². The van der Waals surface area contributed by atoms with E-state index in [0.29, 0.717) is 21.4 Å². The Morgan fingerprint density at radius 2 is 1.91 bits per heavy atom. The van der Waals surface area contributed by atoms with Gasteiger partial charge in [-0.15, -0.1) is 0 Å². The molecule has 1 N–H and O–H groups in total. The van der Waals surface area contributed by atoms with E-state index in [1.54, 1.807) is 24.3 Å². The number of rotatable bonds is 6. The van der Waals surface area contributed by atoms with Crippen molar-refractivity contribution < 1.29 is 13.9 Å². The van der Waals surface area contributed by atoms with Gasteiger partial charge in [-0.2, -0.15) is 10.4 Å². The van der Waals surface area contributed by atoms with E-state index >= 15 is 0 Å². The van der Waals surface area contributed by atoms with E-state index in [1.165, 1.54) is 18.3 Å². The Kier molecular flexibility index (Phi) is 7.07. The van der Waals surface area contributed by atoms with Gasteiger partial charge in [0.1, 0.15) is 18.2 Å². The third-order valence-corrected chi connectivity index (χ3v) is 5.62. The Bertz CT molecular complexity index is 1460. The molecule has 4 aromatic rings. The molecule has 0 aromatic heterocycles. The summed E-state index contributed by atoms with van der Waals surface area (Å²) in [6.07, 6.45) is 1.45. The first kappa shape index (κ1) is 23.2. The van der Waals surface area contributed by atoms with Crippen molar-refractivity contribution >= 4 is 46.1 Å². The van der Waals surface area contributed by atoms with E-state index in [9.17, 15) is 9.18 Å². The quantitative estimate of drug-likeness (QED) is 0.247. The first-order chi connectivity index (χ1) is 16.5. The number of nitrogens with one attached hydrogen (secondary N) is 1. The number of benzene rings is 4. The fourth-order valence-corrected chi connectivity index (χ4v) is 3.78. The molecule has 0 bridgehead atoms. The summed E-state index contributed by atoms with van der Waals surface area (Å²) in [4.78, 5) is 12.4. The van der Waals surface area contributed by atoms with Gasteiger partial charge < -0.3 is 4.74 Å². The van der Waals surface area contributed by atoms with E-state index < -0.39 is 11.7 Å². The lowest BCUT2D eigenvalue weighted by Gasteiger charge is -2.13. The van der Waals surface area contributed by atoms with Crippen LogP contribution in [0.1, 0.15) is 27.0 Å². The second kappa shape index (κ2) is 10.3. The molecule has 0 spiro atoms. The fourth-order valence-electron chi connectivity index (χ4n) is 3.31. The summed E-state index contributed by atoms with van der Waals surface area (Å²) in [6.45, 7) is 0.192. The summed E-state index contributed by atoms with van der Waals surface area (Å²) < 4.78 is 20.1. The Morgan fingerprint density at radius 3 is 2.68 bits per heavy atom. The van der Waals surface area contributed by atoms with Crippen LogP contribution >= 0.6 is 23.2 Å². The van der Waals surface area contributed by atoms with Crippen LogP contribution in [-0.4, -0.2) is 12.1 Å². The second-order valence-corrected chi connectivity index (χ2v) is 8.07. The Morgan fingerprint density at radius 1 is 1.09 bits per heavy atom. The zero-order valence-electron chi connectivity index (χ0n) is 17.6. The van der Waals surface area contributed by atoms with Gasteiger partial charge in [-0.3, -0.25) is 4.79 Å². The summed E-state index contributed by atoms with van der Waals surface area (Å²) in [6, 6.07) is 21.9. The Balaban J connectivity index is 1.59. The summed E-state index contributed by atoms with van der Waals surface area (Å²) in [5.41, 5.74) is 3.61. The van der Waals surface area contributed by atoms with Crippen molar-refractivity contribution in [2.45, 2.75) is 6.61 Å². The van der Waals surface area contributed by atoms with Crippen LogP contribution in [0.5, 0.6) is 5.75 Å². The lowest BCUT2D eigenvalue weighted by molar-refractivity contribution is 0.0951. The number of fused-ring (bicyclic) bond motifs is 1. The summed E-state index contributed by atoms with van der Waals surface area (Å²) >= 11 is 12.2. The Labute approximate surface area is 205 Å². The van der Waals surface area contributed by atoms with Crippen LogP contribution in [0.15, 0.2) is 77.9 Å². The van der Waals surface area contributed by atoms with Gasteiger partial charge in [-0.25, -0.2) is 9.82 Å². The molecule has 0 fully saturated rings. The number of amides is 1. The zero-order valence-corrected chi connectivity index (χ0v) is 19.1. The number of nitrogens with zero attached hydrogens (tertiary/aromatic N) is 2. The number of carbonyl (C=O) groups excluding carboxylic acids is 1. The van der Waals surface area contributed by atoms with Gasteiger partial charge in [-0.1, -0.05) is 59.6 Å². The molecule has 0 aliphatic carbocycles. The number of hydrogen-bond donors (Lipinski definition) is 1. The van der Waals surface area contributed by atoms with Gasteiger partial charge in [0, 0.05) is 21.2 Å². The number of hydrazone groups is 1. The maximum absolute atomic E-state index is 14.1. The summed E-state index contributed by atoms with van der Waals surface area (Å²) in [5, 5.41) is 15.7. The first-order valence-corrected chi connectivity index (χ1v) is 10.8. The normalized spacial score (nSPS) is 10.9.